The summed E-state index contributed by atoms with van der Waals surface area (Å²) in [6, 6.07) is 25.3. The first-order chi connectivity index (χ1) is 19.1. The molecule has 7 nitrogen and oxygen atoms in total. The van der Waals surface area contributed by atoms with E-state index >= 15 is 0 Å². The number of carbonyl (C=O) groups is 1. The predicted octanol–water partition coefficient (Wildman–Crippen LogP) is 4.97. The predicted molar refractivity (Wildman–Crippen MR) is 150 cm³/mol. The standard InChI is InChI=1S/C32H36N2O5/c1-37-28-13-8-12-26(22-28)29-32(23-24-10-4-2-5-11-24,31(36)34-18-6-3-7-19-34)33-30(39-29)25-14-16-27(17-15-25)38-21-9-20-35/h2,4-5,8,10-17,22,29,35H,3,6-7,9,18-21,23H2,1H3/t29-,32-/m1/s1. The van der Waals surface area contributed by atoms with Crippen LogP contribution in [0.25, 0.3) is 0 Å². The first kappa shape index (κ1) is 26.8. The van der Waals surface area contributed by atoms with Crippen molar-refractivity contribution in [1.29, 1.82) is 0 Å². The molecule has 0 aromatic heterocycles. The van der Waals surface area contributed by atoms with Gasteiger partial charge < -0.3 is 24.2 Å². The van der Waals surface area contributed by atoms with Gasteiger partial charge in [0.1, 0.15) is 11.5 Å². The van der Waals surface area contributed by atoms with E-state index in [4.69, 9.17) is 24.3 Å². The highest BCUT2D eigenvalue weighted by Gasteiger charge is 2.55. The van der Waals surface area contributed by atoms with Crippen LogP contribution < -0.4 is 9.47 Å². The van der Waals surface area contributed by atoms with Gasteiger partial charge in [0.15, 0.2) is 11.6 Å². The van der Waals surface area contributed by atoms with Gasteiger partial charge in [-0.2, -0.15) is 0 Å². The lowest BCUT2D eigenvalue weighted by molar-refractivity contribution is -0.140. The molecular formula is C32H36N2O5. The van der Waals surface area contributed by atoms with E-state index in [1.54, 1.807) is 7.11 Å². The molecule has 5 rings (SSSR count). The maximum Gasteiger partial charge on any atom is 0.255 e. The Morgan fingerprint density at radius 3 is 2.49 bits per heavy atom. The Kier molecular flexibility index (Phi) is 8.47. The largest absolute Gasteiger partial charge is 0.497 e. The molecule has 7 heteroatoms. The number of benzene rings is 3. The van der Waals surface area contributed by atoms with Gasteiger partial charge in [0.25, 0.3) is 5.91 Å². The number of rotatable bonds is 10. The Morgan fingerprint density at radius 2 is 1.77 bits per heavy atom. The smallest absolute Gasteiger partial charge is 0.255 e. The van der Waals surface area contributed by atoms with Crippen LogP contribution in [0.15, 0.2) is 83.9 Å². The van der Waals surface area contributed by atoms with Gasteiger partial charge in [-0.25, -0.2) is 4.99 Å². The van der Waals surface area contributed by atoms with E-state index in [1.165, 1.54) is 0 Å². The molecule has 3 aromatic carbocycles. The van der Waals surface area contributed by atoms with Crippen molar-refractivity contribution in [1.82, 2.24) is 4.90 Å². The van der Waals surface area contributed by atoms with E-state index < -0.39 is 11.6 Å². The zero-order valence-corrected chi connectivity index (χ0v) is 22.4. The van der Waals surface area contributed by atoms with Gasteiger partial charge in [-0.15, -0.1) is 0 Å². The zero-order valence-electron chi connectivity index (χ0n) is 22.4. The molecule has 0 bridgehead atoms. The van der Waals surface area contributed by atoms with Gasteiger partial charge in [-0.3, -0.25) is 4.79 Å². The monoisotopic (exact) mass is 528 g/mol. The lowest BCUT2D eigenvalue weighted by Gasteiger charge is -2.37. The van der Waals surface area contributed by atoms with Crippen LogP contribution in [0.1, 0.15) is 48.5 Å². The van der Waals surface area contributed by atoms with E-state index in [0.717, 1.165) is 49.0 Å². The normalized spacial score (nSPS) is 20.7. The molecule has 0 saturated carbocycles. The number of amides is 1. The topological polar surface area (TPSA) is 80.6 Å². The first-order valence-electron chi connectivity index (χ1n) is 13.7. The molecule has 2 aliphatic heterocycles. The Morgan fingerprint density at radius 1 is 1.00 bits per heavy atom. The van der Waals surface area contributed by atoms with Crippen LogP contribution in [0.4, 0.5) is 0 Å². The number of piperidine rings is 1. The van der Waals surface area contributed by atoms with Gasteiger partial charge in [0.2, 0.25) is 5.90 Å². The summed E-state index contributed by atoms with van der Waals surface area (Å²) in [7, 11) is 1.64. The fraction of sp³-hybridized carbons (Fsp3) is 0.375. The molecule has 1 fully saturated rings. The van der Waals surface area contributed by atoms with E-state index in [9.17, 15) is 4.79 Å². The number of hydrogen-bond acceptors (Lipinski definition) is 6. The van der Waals surface area contributed by atoms with Crippen molar-refractivity contribution in [2.24, 2.45) is 4.99 Å². The van der Waals surface area contributed by atoms with Crippen molar-refractivity contribution < 1.29 is 24.1 Å². The summed E-state index contributed by atoms with van der Waals surface area (Å²) >= 11 is 0. The summed E-state index contributed by atoms with van der Waals surface area (Å²) < 4.78 is 17.9. The lowest BCUT2D eigenvalue weighted by atomic mass is 9.81. The number of ether oxygens (including phenoxy) is 3. The molecule has 0 radical (unpaired) electrons. The molecule has 39 heavy (non-hydrogen) atoms. The third kappa shape index (κ3) is 5.93. The number of aliphatic hydroxyl groups is 1. The highest BCUT2D eigenvalue weighted by molar-refractivity contribution is 6.01. The summed E-state index contributed by atoms with van der Waals surface area (Å²) in [6.07, 6.45) is 3.47. The highest BCUT2D eigenvalue weighted by atomic mass is 16.5. The third-order valence-corrected chi connectivity index (χ3v) is 7.36. The van der Waals surface area contributed by atoms with Crippen LogP contribution in [0.5, 0.6) is 11.5 Å². The average molecular weight is 529 g/mol. The Labute approximate surface area is 230 Å². The molecular weight excluding hydrogens is 492 g/mol. The number of methoxy groups -OCH3 is 1. The second-order valence-electron chi connectivity index (χ2n) is 10.1. The van der Waals surface area contributed by atoms with Gasteiger partial charge in [0.05, 0.1) is 13.7 Å². The van der Waals surface area contributed by atoms with Crippen LogP contribution in [-0.4, -0.2) is 60.8 Å². The fourth-order valence-electron chi connectivity index (χ4n) is 5.35. The minimum absolute atomic E-state index is 0.00201. The summed E-state index contributed by atoms with van der Waals surface area (Å²) in [6.45, 7) is 1.98. The lowest BCUT2D eigenvalue weighted by Crippen LogP contribution is -2.53. The average Bonchev–Trinajstić information content (AvgIpc) is 3.38. The Bertz CT molecular complexity index is 1270. The molecule has 1 amide bonds. The summed E-state index contributed by atoms with van der Waals surface area (Å²) in [5.41, 5.74) is 1.48. The molecule has 0 unspecified atom stereocenters. The molecule has 0 aliphatic carbocycles. The van der Waals surface area contributed by atoms with Gasteiger partial charge in [-0.05, 0) is 66.8 Å². The molecule has 1 saturated heterocycles. The fourth-order valence-corrected chi connectivity index (χ4v) is 5.35. The second kappa shape index (κ2) is 12.3. The number of aliphatic hydroxyl groups excluding tert-OH is 1. The zero-order chi connectivity index (χ0) is 27.1. The van der Waals surface area contributed by atoms with Gasteiger partial charge in [-0.1, -0.05) is 42.5 Å². The summed E-state index contributed by atoms with van der Waals surface area (Å²) in [5.74, 6) is 1.84. The van der Waals surface area contributed by atoms with Crippen molar-refractivity contribution in [2.45, 2.75) is 43.7 Å². The Balaban J connectivity index is 1.58. The van der Waals surface area contributed by atoms with E-state index in [2.05, 4.69) is 0 Å². The Hall–Kier alpha value is -3.84. The minimum Gasteiger partial charge on any atom is -0.497 e. The number of likely N-dealkylation sites (tertiary alicyclic amines) is 1. The number of carbonyl (C=O) groups excluding carboxylic acids is 1. The maximum atomic E-state index is 14.5. The van der Waals surface area contributed by atoms with Crippen molar-refractivity contribution in [3.05, 3.63) is 95.6 Å². The summed E-state index contributed by atoms with van der Waals surface area (Å²) in [4.78, 5) is 21.6. The summed E-state index contributed by atoms with van der Waals surface area (Å²) in [5, 5.41) is 9.03. The quantitative estimate of drug-likeness (QED) is 0.376. The van der Waals surface area contributed by atoms with Crippen LogP contribution in [0.3, 0.4) is 0 Å². The maximum absolute atomic E-state index is 14.5. The van der Waals surface area contributed by atoms with E-state index in [0.29, 0.717) is 36.8 Å². The number of nitrogens with zero attached hydrogens (tertiary/aromatic N) is 2. The van der Waals surface area contributed by atoms with Crippen molar-refractivity contribution in [2.75, 3.05) is 33.4 Å². The van der Waals surface area contributed by atoms with Gasteiger partial charge in [0, 0.05) is 38.1 Å². The molecule has 2 heterocycles. The molecule has 1 N–H and O–H groups in total. The van der Waals surface area contributed by atoms with E-state index in [1.807, 2.05) is 83.8 Å². The van der Waals surface area contributed by atoms with E-state index in [-0.39, 0.29) is 12.5 Å². The number of aliphatic imine (C=N–C) groups is 1. The second-order valence-corrected chi connectivity index (χ2v) is 10.1. The van der Waals surface area contributed by atoms with Gasteiger partial charge >= 0.3 is 0 Å². The molecule has 2 aliphatic rings. The number of hydrogen-bond donors (Lipinski definition) is 1. The van der Waals surface area contributed by atoms with Crippen LogP contribution >= 0.6 is 0 Å². The third-order valence-electron chi connectivity index (χ3n) is 7.36. The minimum atomic E-state index is -1.17. The first-order valence-corrected chi connectivity index (χ1v) is 13.7. The van der Waals surface area contributed by atoms with Crippen LogP contribution in [-0.2, 0) is 16.0 Å². The SMILES string of the molecule is COc1cccc([C@H]2OC(c3ccc(OCCCO)cc3)=N[C@@]2(Cc2ccccc2)C(=O)N2CCCCC2)c1. The van der Waals surface area contributed by atoms with Crippen LogP contribution in [0, 0.1) is 0 Å². The van der Waals surface area contributed by atoms with Crippen molar-refractivity contribution in [3.63, 3.8) is 0 Å². The molecule has 204 valence electrons. The molecule has 3 aromatic rings. The molecule has 2 atom stereocenters. The van der Waals surface area contributed by atoms with Crippen LogP contribution in [0.2, 0.25) is 0 Å². The van der Waals surface area contributed by atoms with Crippen molar-refractivity contribution >= 4 is 11.8 Å². The van der Waals surface area contributed by atoms with Crippen molar-refractivity contribution in [3.8, 4) is 11.5 Å². The molecule has 0 spiro atoms. The highest BCUT2D eigenvalue weighted by Crippen LogP contribution is 2.44.